The van der Waals surface area contributed by atoms with Gasteiger partial charge in [0, 0.05) is 16.6 Å². The number of likely N-dealkylation sites (tertiary alicyclic amines) is 1. The molecule has 1 aliphatic heterocycles. The summed E-state index contributed by atoms with van der Waals surface area (Å²) < 4.78 is 44.3. The Morgan fingerprint density at radius 1 is 1.15 bits per heavy atom. The van der Waals surface area contributed by atoms with Crippen molar-refractivity contribution in [1.29, 1.82) is 0 Å². The van der Waals surface area contributed by atoms with E-state index in [0.717, 1.165) is 18.4 Å². The van der Waals surface area contributed by atoms with Gasteiger partial charge in [0.1, 0.15) is 5.52 Å². The molecule has 0 atom stereocenters. The number of rotatable bonds is 4. The second-order valence-corrected chi connectivity index (χ2v) is 8.51. The van der Waals surface area contributed by atoms with Gasteiger partial charge in [0.15, 0.2) is 11.5 Å². The fourth-order valence-corrected chi connectivity index (χ4v) is 4.22. The predicted molar refractivity (Wildman–Crippen MR) is 117 cm³/mol. The zero-order valence-corrected chi connectivity index (χ0v) is 18.0. The number of nitrogens with one attached hydrogen (secondary N) is 2. The largest absolute Gasteiger partial charge is 0.449 e. The highest BCUT2D eigenvalue weighted by molar-refractivity contribution is 6.31. The summed E-state index contributed by atoms with van der Waals surface area (Å²) in [6.45, 7) is 1.59. The maximum atomic E-state index is 12.8. The van der Waals surface area contributed by atoms with Crippen LogP contribution in [0.4, 0.5) is 18.9 Å². The summed E-state index contributed by atoms with van der Waals surface area (Å²) in [5.41, 5.74) is 2.23. The lowest BCUT2D eigenvalue weighted by molar-refractivity contribution is -0.144. The third kappa shape index (κ3) is 4.67. The number of amides is 1. The first-order valence-corrected chi connectivity index (χ1v) is 10.8. The first-order chi connectivity index (χ1) is 15.7. The molecule has 7 nitrogen and oxygen atoms in total. The number of imidazole rings is 1. The van der Waals surface area contributed by atoms with Crippen LogP contribution in [-0.2, 0) is 11.0 Å². The van der Waals surface area contributed by atoms with E-state index in [1.165, 1.54) is 18.2 Å². The molecular formula is C22H19ClF3N5O2. The van der Waals surface area contributed by atoms with Gasteiger partial charge in [-0.25, -0.2) is 9.97 Å². The number of oxazole rings is 1. The number of piperidine rings is 1. The zero-order valence-electron chi connectivity index (χ0n) is 17.2. The smallest absolute Gasteiger partial charge is 0.440 e. The summed E-state index contributed by atoms with van der Waals surface area (Å²) in [7, 11) is 0. The molecular weight excluding hydrogens is 459 g/mol. The Morgan fingerprint density at radius 3 is 2.70 bits per heavy atom. The molecule has 1 amide bonds. The fourth-order valence-electron chi connectivity index (χ4n) is 4.06. The number of benzene rings is 2. The highest BCUT2D eigenvalue weighted by atomic mass is 35.5. The highest BCUT2D eigenvalue weighted by Gasteiger charge is 2.34. The van der Waals surface area contributed by atoms with E-state index in [1.807, 2.05) is 4.90 Å². The molecule has 0 unspecified atom stereocenters. The van der Waals surface area contributed by atoms with Crippen molar-refractivity contribution in [2.45, 2.75) is 24.9 Å². The van der Waals surface area contributed by atoms with Crippen molar-refractivity contribution in [3.8, 4) is 0 Å². The van der Waals surface area contributed by atoms with E-state index < -0.39 is 12.0 Å². The number of anilines is 1. The average molecular weight is 478 g/mol. The van der Waals surface area contributed by atoms with Gasteiger partial charge < -0.3 is 14.7 Å². The Balaban J connectivity index is 1.17. The van der Waals surface area contributed by atoms with Gasteiger partial charge in [-0.3, -0.25) is 9.69 Å². The zero-order chi connectivity index (χ0) is 23.2. The Hall–Kier alpha value is -3.11. The minimum Gasteiger partial charge on any atom is -0.440 e. The molecule has 172 valence electrons. The lowest BCUT2D eigenvalue weighted by atomic mass is 9.97. The summed E-state index contributed by atoms with van der Waals surface area (Å²) in [6.07, 6.45) is -2.96. The van der Waals surface area contributed by atoms with E-state index in [1.54, 1.807) is 18.2 Å². The molecule has 1 saturated heterocycles. The molecule has 0 aliphatic carbocycles. The molecule has 0 spiro atoms. The average Bonchev–Trinajstić information content (AvgIpc) is 3.37. The lowest BCUT2D eigenvalue weighted by Gasteiger charge is -2.29. The molecule has 33 heavy (non-hydrogen) atoms. The molecule has 1 aliphatic rings. The van der Waals surface area contributed by atoms with Crippen LogP contribution in [0.3, 0.4) is 0 Å². The van der Waals surface area contributed by atoms with E-state index in [4.69, 9.17) is 16.0 Å². The minimum atomic E-state index is -4.56. The van der Waals surface area contributed by atoms with E-state index in [-0.39, 0.29) is 29.4 Å². The van der Waals surface area contributed by atoms with Crippen LogP contribution < -0.4 is 5.32 Å². The number of aromatic nitrogens is 3. The first kappa shape index (κ1) is 21.7. The number of H-pyrrole nitrogens is 1. The fraction of sp³-hybridized carbons (Fsp3) is 0.318. The van der Waals surface area contributed by atoms with Crippen LogP contribution in [0.15, 0.2) is 40.8 Å². The van der Waals surface area contributed by atoms with E-state index in [2.05, 4.69) is 20.3 Å². The number of hydrogen-bond donors (Lipinski definition) is 2. The molecule has 0 radical (unpaired) electrons. The quantitative estimate of drug-likeness (QED) is 0.422. The maximum absolute atomic E-state index is 12.8. The van der Waals surface area contributed by atoms with Crippen LogP contribution in [0, 0.1) is 0 Å². The summed E-state index contributed by atoms with van der Waals surface area (Å²) in [4.78, 5) is 24.8. The molecule has 11 heteroatoms. The number of nitrogens with zero attached hydrogens (tertiary/aromatic N) is 3. The van der Waals surface area contributed by atoms with Crippen LogP contribution in [0.1, 0.15) is 30.5 Å². The Kier molecular flexibility index (Phi) is 5.49. The normalized spacial score (nSPS) is 16.0. The summed E-state index contributed by atoms with van der Waals surface area (Å²) >= 11 is 6.01. The van der Waals surface area contributed by atoms with Crippen LogP contribution >= 0.6 is 11.6 Å². The predicted octanol–water partition coefficient (Wildman–Crippen LogP) is 5.19. The van der Waals surface area contributed by atoms with Gasteiger partial charge in [0.25, 0.3) is 0 Å². The summed E-state index contributed by atoms with van der Waals surface area (Å²) in [6, 6.07) is 9.76. The van der Waals surface area contributed by atoms with E-state index >= 15 is 0 Å². The topological polar surface area (TPSA) is 87.1 Å². The van der Waals surface area contributed by atoms with Crippen LogP contribution in [-0.4, -0.2) is 45.4 Å². The third-order valence-corrected chi connectivity index (χ3v) is 5.94. The van der Waals surface area contributed by atoms with Gasteiger partial charge in [-0.15, -0.1) is 0 Å². The third-order valence-electron chi connectivity index (χ3n) is 5.70. The monoisotopic (exact) mass is 477 g/mol. The Labute approximate surface area is 190 Å². The molecule has 4 aromatic rings. The lowest BCUT2D eigenvalue weighted by Crippen LogP contribution is -2.38. The number of hydrogen-bond acceptors (Lipinski definition) is 5. The molecule has 1 fully saturated rings. The van der Waals surface area contributed by atoms with Crippen molar-refractivity contribution in [2.75, 3.05) is 25.0 Å². The van der Waals surface area contributed by atoms with Crippen molar-refractivity contribution < 1.29 is 22.4 Å². The second-order valence-electron chi connectivity index (χ2n) is 8.08. The standard InChI is InChI=1S/C22H19ClF3N5O2/c23-13-1-4-18-17(9-13)28-20(33-18)12-5-7-31(8-6-12)11-19(32)27-14-2-3-15-16(10-14)30-21(29-15)22(24,25)26/h1-4,9-10,12H,5-8,11H2,(H,27,32)(H,29,30). The van der Waals surface area contributed by atoms with E-state index in [9.17, 15) is 18.0 Å². The SMILES string of the molecule is O=C(CN1CCC(c2nc3cc(Cl)ccc3o2)CC1)Nc1ccc2nc(C(F)(F)F)[nH]c2c1. The molecule has 0 bridgehead atoms. The Morgan fingerprint density at radius 2 is 1.94 bits per heavy atom. The van der Waals surface area contributed by atoms with Gasteiger partial charge in [0.2, 0.25) is 11.7 Å². The van der Waals surface area contributed by atoms with Gasteiger partial charge >= 0.3 is 6.18 Å². The molecule has 5 rings (SSSR count). The van der Waals surface area contributed by atoms with Gasteiger partial charge in [0.05, 0.1) is 17.6 Å². The van der Waals surface area contributed by atoms with Gasteiger partial charge in [-0.05, 0) is 62.3 Å². The van der Waals surface area contributed by atoms with Crippen molar-refractivity contribution in [2.24, 2.45) is 0 Å². The van der Waals surface area contributed by atoms with Crippen molar-refractivity contribution in [3.05, 3.63) is 53.1 Å². The van der Waals surface area contributed by atoms with Crippen molar-refractivity contribution in [3.63, 3.8) is 0 Å². The second kappa shape index (κ2) is 8.35. The maximum Gasteiger partial charge on any atom is 0.449 e. The summed E-state index contributed by atoms with van der Waals surface area (Å²) in [5, 5.41) is 3.35. The minimum absolute atomic E-state index is 0.168. The number of halogens is 4. The number of carbonyl (C=O) groups excluding carboxylic acids is 1. The van der Waals surface area contributed by atoms with Gasteiger partial charge in [-0.1, -0.05) is 11.6 Å². The van der Waals surface area contributed by atoms with Crippen LogP contribution in [0.2, 0.25) is 5.02 Å². The molecule has 2 aromatic heterocycles. The number of aromatic amines is 1. The number of carbonyl (C=O) groups is 1. The molecule has 2 N–H and O–H groups in total. The summed E-state index contributed by atoms with van der Waals surface area (Å²) in [5.74, 6) is -0.450. The highest BCUT2D eigenvalue weighted by Crippen LogP contribution is 2.31. The van der Waals surface area contributed by atoms with Crippen molar-refractivity contribution >= 4 is 45.3 Å². The van der Waals surface area contributed by atoms with Crippen molar-refractivity contribution in [1.82, 2.24) is 19.9 Å². The molecule has 2 aromatic carbocycles. The molecule has 0 saturated carbocycles. The number of fused-ring (bicyclic) bond motifs is 2. The Bertz CT molecular complexity index is 1320. The van der Waals surface area contributed by atoms with Crippen LogP contribution in [0.5, 0.6) is 0 Å². The molecule has 3 heterocycles. The van der Waals surface area contributed by atoms with Gasteiger partial charge in [-0.2, -0.15) is 13.2 Å². The first-order valence-electron chi connectivity index (χ1n) is 10.4. The number of alkyl halides is 3. The van der Waals surface area contributed by atoms with E-state index in [0.29, 0.717) is 35.3 Å². The van der Waals surface area contributed by atoms with Crippen LogP contribution in [0.25, 0.3) is 22.1 Å².